The SMILES string of the molecule is COC(=O)c1cccc(NC(=O)C=CC(CCc2ccccc2)NC(=O)C(C)N)c1. The molecule has 0 bridgehead atoms. The van der Waals surface area contributed by atoms with Crippen LogP contribution in [0.3, 0.4) is 0 Å². The van der Waals surface area contributed by atoms with Crippen LogP contribution in [-0.4, -0.2) is 37.0 Å². The van der Waals surface area contributed by atoms with Crippen LogP contribution in [-0.2, 0) is 20.7 Å². The maximum absolute atomic E-state index is 12.3. The normalized spacial score (nSPS) is 12.8. The third-order valence-electron chi connectivity index (χ3n) is 4.36. The number of nitrogens with one attached hydrogen (secondary N) is 2. The number of carbonyl (C=O) groups is 3. The van der Waals surface area contributed by atoms with Gasteiger partial charge in [0.1, 0.15) is 0 Å². The highest BCUT2D eigenvalue weighted by atomic mass is 16.5. The van der Waals surface area contributed by atoms with Gasteiger partial charge in [0.25, 0.3) is 0 Å². The molecule has 2 unspecified atom stereocenters. The fraction of sp³-hybridized carbons (Fsp3) is 0.261. The first-order valence-corrected chi connectivity index (χ1v) is 9.66. The zero-order chi connectivity index (χ0) is 21.9. The molecule has 0 fully saturated rings. The summed E-state index contributed by atoms with van der Waals surface area (Å²) in [5.74, 6) is -1.15. The summed E-state index contributed by atoms with van der Waals surface area (Å²) < 4.78 is 4.68. The molecule has 0 aromatic heterocycles. The average Bonchev–Trinajstić information content (AvgIpc) is 2.75. The van der Waals surface area contributed by atoms with Gasteiger partial charge in [0, 0.05) is 17.8 Å². The molecule has 2 aromatic carbocycles. The molecule has 0 aliphatic carbocycles. The van der Waals surface area contributed by atoms with E-state index in [2.05, 4.69) is 15.4 Å². The summed E-state index contributed by atoms with van der Waals surface area (Å²) in [6.07, 6.45) is 4.35. The Labute approximate surface area is 176 Å². The fourth-order valence-electron chi connectivity index (χ4n) is 2.73. The van der Waals surface area contributed by atoms with Crippen molar-refractivity contribution >= 4 is 23.5 Å². The van der Waals surface area contributed by atoms with Gasteiger partial charge in [-0.2, -0.15) is 0 Å². The third-order valence-corrected chi connectivity index (χ3v) is 4.36. The van der Waals surface area contributed by atoms with Gasteiger partial charge in [-0.05, 0) is 43.5 Å². The number of rotatable bonds is 9. The van der Waals surface area contributed by atoms with Crippen LogP contribution in [0.2, 0.25) is 0 Å². The van der Waals surface area contributed by atoms with Gasteiger partial charge < -0.3 is 21.1 Å². The molecule has 4 N–H and O–H groups in total. The van der Waals surface area contributed by atoms with Gasteiger partial charge in [-0.25, -0.2) is 4.79 Å². The second kappa shape index (κ2) is 11.5. The lowest BCUT2D eigenvalue weighted by molar-refractivity contribution is -0.122. The number of hydrogen-bond acceptors (Lipinski definition) is 5. The summed E-state index contributed by atoms with van der Waals surface area (Å²) in [4.78, 5) is 35.9. The van der Waals surface area contributed by atoms with Crippen molar-refractivity contribution in [3.05, 3.63) is 77.9 Å². The van der Waals surface area contributed by atoms with Crippen LogP contribution in [0.25, 0.3) is 0 Å². The first-order valence-electron chi connectivity index (χ1n) is 9.66. The molecule has 158 valence electrons. The second-order valence-electron chi connectivity index (χ2n) is 6.85. The van der Waals surface area contributed by atoms with E-state index >= 15 is 0 Å². The Morgan fingerprint density at radius 2 is 1.83 bits per heavy atom. The van der Waals surface area contributed by atoms with Crippen LogP contribution in [0.4, 0.5) is 5.69 Å². The largest absolute Gasteiger partial charge is 0.465 e. The quantitative estimate of drug-likeness (QED) is 0.435. The van der Waals surface area contributed by atoms with Crippen molar-refractivity contribution in [1.29, 1.82) is 0 Å². The number of anilines is 1. The van der Waals surface area contributed by atoms with Crippen molar-refractivity contribution < 1.29 is 19.1 Å². The molecular weight excluding hydrogens is 382 g/mol. The lowest BCUT2D eigenvalue weighted by atomic mass is 10.0. The number of esters is 1. The highest BCUT2D eigenvalue weighted by Crippen LogP contribution is 2.12. The van der Waals surface area contributed by atoms with E-state index in [1.807, 2.05) is 30.3 Å². The van der Waals surface area contributed by atoms with Gasteiger partial charge in [-0.15, -0.1) is 0 Å². The molecule has 2 atom stereocenters. The summed E-state index contributed by atoms with van der Waals surface area (Å²) in [5, 5.41) is 5.54. The number of aryl methyl sites for hydroxylation is 1. The Morgan fingerprint density at radius 1 is 1.10 bits per heavy atom. The molecule has 0 spiro atoms. The summed E-state index contributed by atoms with van der Waals surface area (Å²) >= 11 is 0. The van der Waals surface area contributed by atoms with Gasteiger partial charge in [-0.3, -0.25) is 9.59 Å². The topological polar surface area (TPSA) is 111 Å². The van der Waals surface area contributed by atoms with Gasteiger partial charge in [0.2, 0.25) is 11.8 Å². The summed E-state index contributed by atoms with van der Waals surface area (Å²) in [6, 6.07) is 15.3. The highest BCUT2D eigenvalue weighted by Gasteiger charge is 2.13. The van der Waals surface area contributed by atoms with Gasteiger partial charge in [-0.1, -0.05) is 42.5 Å². The molecule has 0 heterocycles. The molecule has 0 saturated carbocycles. The fourth-order valence-corrected chi connectivity index (χ4v) is 2.73. The van der Waals surface area contributed by atoms with E-state index in [9.17, 15) is 14.4 Å². The monoisotopic (exact) mass is 409 g/mol. The number of carbonyl (C=O) groups excluding carboxylic acids is 3. The zero-order valence-corrected chi connectivity index (χ0v) is 17.1. The number of methoxy groups -OCH3 is 1. The van der Waals surface area contributed by atoms with Gasteiger partial charge in [0.05, 0.1) is 18.7 Å². The van der Waals surface area contributed by atoms with Crippen molar-refractivity contribution in [3.8, 4) is 0 Å². The molecule has 2 aromatic rings. The van der Waals surface area contributed by atoms with Crippen LogP contribution < -0.4 is 16.4 Å². The maximum atomic E-state index is 12.3. The van der Waals surface area contributed by atoms with E-state index in [1.54, 1.807) is 31.2 Å². The molecule has 2 amide bonds. The van der Waals surface area contributed by atoms with Crippen molar-refractivity contribution in [2.45, 2.75) is 31.8 Å². The molecule has 7 nitrogen and oxygen atoms in total. The van der Waals surface area contributed by atoms with E-state index in [1.165, 1.54) is 19.3 Å². The number of nitrogens with two attached hydrogens (primary N) is 1. The lowest BCUT2D eigenvalue weighted by Gasteiger charge is -2.17. The van der Waals surface area contributed by atoms with Crippen molar-refractivity contribution in [2.24, 2.45) is 5.73 Å². The predicted octanol–water partition coefficient (Wildman–Crippen LogP) is 2.43. The summed E-state index contributed by atoms with van der Waals surface area (Å²) in [7, 11) is 1.29. The number of ether oxygens (including phenoxy) is 1. The smallest absolute Gasteiger partial charge is 0.337 e. The predicted molar refractivity (Wildman–Crippen MR) is 116 cm³/mol. The van der Waals surface area contributed by atoms with E-state index in [0.29, 0.717) is 17.7 Å². The van der Waals surface area contributed by atoms with E-state index in [4.69, 9.17) is 5.73 Å². The maximum Gasteiger partial charge on any atom is 0.337 e. The third kappa shape index (κ3) is 7.52. The Morgan fingerprint density at radius 3 is 2.50 bits per heavy atom. The molecule has 0 radical (unpaired) electrons. The molecule has 0 aliphatic heterocycles. The highest BCUT2D eigenvalue weighted by molar-refractivity contribution is 6.00. The minimum atomic E-state index is -0.646. The summed E-state index contributed by atoms with van der Waals surface area (Å²) in [5.41, 5.74) is 7.58. The Kier molecular flexibility index (Phi) is 8.77. The van der Waals surface area contributed by atoms with Crippen LogP contribution >= 0.6 is 0 Å². The van der Waals surface area contributed by atoms with Crippen molar-refractivity contribution in [1.82, 2.24) is 5.32 Å². The van der Waals surface area contributed by atoms with Crippen molar-refractivity contribution in [3.63, 3.8) is 0 Å². The number of hydrogen-bond donors (Lipinski definition) is 3. The molecule has 0 saturated heterocycles. The first-order chi connectivity index (χ1) is 14.4. The number of benzene rings is 2. The molecule has 7 heteroatoms. The first kappa shape index (κ1) is 22.8. The zero-order valence-electron chi connectivity index (χ0n) is 17.1. The van der Waals surface area contributed by atoms with Gasteiger partial charge in [0.15, 0.2) is 0 Å². The summed E-state index contributed by atoms with van der Waals surface area (Å²) in [6.45, 7) is 1.61. The minimum Gasteiger partial charge on any atom is -0.465 e. The van der Waals surface area contributed by atoms with Crippen LogP contribution in [0.1, 0.15) is 29.3 Å². The molecule has 2 rings (SSSR count). The van der Waals surface area contributed by atoms with Crippen LogP contribution in [0, 0.1) is 0 Å². The lowest BCUT2D eigenvalue weighted by Crippen LogP contribution is -2.43. The minimum absolute atomic E-state index is 0.288. The van der Waals surface area contributed by atoms with Gasteiger partial charge >= 0.3 is 5.97 Å². The Bertz CT molecular complexity index is 894. The Hall–Kier alpha value is -3.45. The van der Waals surface area contributed by atoms with Crippen molar-refractivity contribution in [2.75, 3.05) is 12.4 Å². The van der Waals surface area contributed by atoms with E-state index < -0.39 is 12.0 Å². The molecule has 0 aliphatic rings. The number of amides is 2. The van der Waals surface area contributed by atoms with Crippen LogP contribution in [0.5, 0.6) is 0 Å². The second-order valence-corrected chi connectivity index (χ2v) is 6.85. The molecule has 30 heavy (non-hydrogen) atoms. The average molecular weight is 409 g/mol. The Balaban J connectivity index is 2.02. The van der Waals surface area contributed by atoms with E-state index in [-0.39, 0.29) is 17.9 Å². The van der Waals surface area contributed by atoms with E-state index in [0.717, 1.165) is 12.0 Å². The molecular formula is C23H27N3O4. The van der Waals surface area contributed by atoms with Crippen LogP contribution in [0.15, 0.2) is 66.7 Å². The standard InChI is InChI=1S/C23H27N3O4/c1-16(24)22(28)26-19(12-11-17-7-4-3-5-8-17)13-14-21(27)25-20-10-6-9-18(15-20)23(29)30-2/h3-10,13-16,19H,11-12,24H2,1-2H3,(H,25,27)(H,26,28).